The van der Waals surface area contributed by atoms with E-state index >= 15 is 0 Å². The van der Waals surface area contributed by atoms with Crippen LogP contribution >= 0.6 is 0 Å². The molecule has 1 N–H and O–H groups in total. The molecule has 5 aliphatic rings. The topological polar surface area (TPSA) is 29.1 Å². The van der Waals surface area contributed by atoms with Crippen LogP contribution in [0.15, 0.2) is 30.3 Å². The molecule has 4 saturated carbocycles. The molecule has 1 aromatic rings. The highest BCUT2D eigenvalue weighted by Gasteiger charge is 2.65. The maximum absolute atomic E-state index is 14.5. The molecule has 2 nitrogen and oxygen atoms in total. The first-order chi connectivity index (χ1) is 14.0. The summed E-state index contributed by atoms with van der Waals surface area (Å²) in [6.07, 6.45) is 9.78. The Morgan fingerprint density at radius 1 is 1.14 bits per heavy atom. The number of hydrogen-bond acceptors (Lipinski definition) is 2. The Balaban J connectivity index is 1.48. The molecule has 1 aromatic carbocycles. The van der Waals surface area contributed by atoms with Crippen molar-refractivity contribution >= 4 is 5.78 Å². The second-order valence-corrected chi connectivity index (χ2v) is 11.1. The van der Waals surface area contributed by atoms with Crippen LogP contribution in [0, 0.1) is 22.7 Å². The van der Waals surface area contributed by atoms with Gasteiger partial charge in [-0.3, -0.25) is 4.79 Å². The Bertz CT molecular complexity index is 765. The van der Waals surface area contributed by atoms with Gasteiger partial charge in [0.1, 0.15) is 12.0 Å². The molecular weight excluding hydrogens is 361 g/mol. The number of carbonyl (C=O) groups excluding carboxylic acids is 1. The molecule has 4 bridgehead atoms. The fourth-order valence-corrected chi connectivity index (χ4v) is 8.43. The van der Waals surface area contributed by atoms with E-state index in [1.807, 2.05) is 0 Å². The van der Waals surface area contributed by atoms with Crippen LogP contribution in [0.5, 0.6) is 0 Å². The van der Waals surface area contributed by atoms with E-state index in [4.69, 9.17) is 0 Å². The van der Waals surface area contributed by atoms with E-state index in [0.29, 0.717) is 30.1 Å². The Morgan fingerprint density at radius 2 is 1.97 bits per heavy atom. The zero-order valence-electron chi connectivity index (χ0n) is 17.9. The molecule has 1 heterocycles. The SMILES string of the molecule is CCC[C@]12CC3CC(C(=O)C[C@@H]4CCNC[C@@H]4F)(C1)C[C@@](c1ccccc1)(C3)C2. The van der Waals surface area contributed by atoms with Crippen LogP contribution in [-0.4, -0.2) is 25.0 Å². The number of halogens is 1. The number of benzene rings is 1. The van der Waals surface area contributed by atoms with Gasteiger partial charge < -0.3 is 5.32 Å². The molecule has 3 heteroatoms. The molecule has 2 unspecified atom stereocenters. The Hall–Kier alpha value is -1.22. The highest BCUT2D eigenvalue weighted by molar-refractivity contribution is 5.86. The van der Waals surface area contributed by atoms with Crippen molar-refractivity contribution in [1.82, 2.24) is 5.32 Å². The zero-order valence-corrected chi connectivity index (χ0v) is 17.9. The molecule has 4 aliphatic carbocycles. The van der Waals surface area contributed by atoms with E-state index in [-0.39, 0.29) is 16.7 Å². The lowest BCUT2D eigenvalue weighted by atomic mass is 9.37. The summed E-state index contributed by atoms with van der Waals surface area (Å²) in [5.41, 5.74) is 1.74. The highest BCUT2D eigenvalue weighted by atomic mass is 19.1. The number of nitrogens with one attached hydrogen (secondary N) is 1. The number of alkyl halides is 1. The molecule has 1 aliphatic heterocycles. The quantitative estimate of drug-likeness (QED) is 0.677. The summed E-state index contributed by atoms with van der Waals surface area (Å²) in [6.45, 7) is 3.56. The van der Waals surface area contributed by atoms with Crippen molar-refractivity contribution in [1.29, 1.82) is 0 Å². The summed E-state index contributed by atoms with van der Waals surface area (Å²) in [6, 6.07) is 11.0. The third-order valence-electron chi connectivity index (χ3n) is 8.93. The van der Waals surface area contributed by atoms with E-state index in [0.717, 1.165) is 32.2 Å². The number of Topliss-reactive ketones (excluding diaryl/α,β-unsaturated/α-hetero) is 1. The van der Waals surface area contributed by atoms with Gasteiger partial charge in [0, 0.05) is 18.4 Å². The van der Waals surface area contributed by atoms with Gasteiger partial charge in [0.2, 0.25) is 0 Å². The van der Waals surface area contributed by atoms with Gasteiger partial charge in [-0.05, 0) is 86.1 Å². The fraction of sp³-hybridized carbons (Fsp3) is 0.731. The van der Waals surface area contributed by atoms with E-state index < -0.39 is 6.17 Å². The standard InChI is InChI=1S/C26H36FNO/c1-2-9-24-12-19-13-25(16-24,21-6-4-3-5-7-21)18-26(14-19,17-24)23(29)11-20-8-10-28-15-22(20)27/h3-7,19-20,22,28H,2,8-18H2,1H3/t19?,20-,22-,24+,25+,26?/m0/s1. The Labute approximate surface area is 175 Å². The van der Waals surface area contributed by atoms with E-state index in [2.05, 4.69) is 42.6 Å². The van der Waals surface area contributed by atoms with Crippen molar-refractivity contribution in [3.8, 4) is 0 Å². The van der Waals surface area contributed by atoms with Crippen molar-refractivity contribution in [3.05, 3.63) is 35.9 Å². The third-order valence-corrected chi connectivity index (χ3v) is 8.93. The predicted molar refractivity (Wildman–Crippen MR) is 115 cm³/mol. The van der Waals surface area contributed by atoms with Crippen LogP contribution in [0.1, 0.15) is 76.7 Å². The van der Waals surface area contributed by atoms with Gasteiger partial charge in [0.05, 0.1) is 0 Å². The second kappa shape index (κ2) is 7.18. The summed E-state index contributed by atoms with van der Waals surface area (Å²) in [7, 11) is 0. The van der Waals surface area contributed by atoms with E-state index in [1.54, 1.807) is 0 Å². The van der Waals surface area contributed by atoms with Crippen molar-refractivity contribution < 1.29 is 9.18 Å². The predicted octanol–water partition coefficient (Wildman–Crippen LogP) is 5.60. The van der Waals surface area contributed by atoms with Crippen molar-refractivity contribution in [2.45, 2.75) is 82.7 Å². The number of carbonyl (C=O) groups is 1. The van der Waals surface area contributed by atoms with Crippen LogP contribution in [-0.2, 0) is 10.2 Å². The van der Waals surface area contributed by atoms with Crippen molar-refractivity contribution in [3.63, 3.8) is 0 Å². The summed E-state index contributed by atoms with van der Waals surface area (Å²) in [4.78, 5) is 13.8. The van der Waals surface area contributed by atoms with Gasteiger partial charge in [0.25, 0.3) is 0 Å². The number of piperidine rings is 1. The number of hydrogen-bond donors (Lipinski definition) is 1. The minimum Gasteiger partial charge on any atom is -0.314 e. The van der Waals surface area contributed by atoms with Crippen LogP contribution < -0.4 is 5.32 Å². The summed E-state index contributed by atoms with van der Waals surface area (Å²) in [5, 5.41) is 3.14. The molecular formula is C26H36FNO. The largest absolute Gasteiger partial charge is 0.314 e. The normalized spacial score (nSPS) is 43.4. The number of rotatable bonds is 6. The maximum atomic E-state index is 14.5. The Morgan fingerprint density at radius 3 is 2.72 bits per heavy atom. The molecule has 0 spiro atoms. The molecule has 6 rings (SSSR count). The zero-order chi connectivity index (χ0) is 20.1. The molecule has 29 heavy (non-hydrogen) atoms. The highest BCUT2D eigenvalue weighted by Crippen LogP contribution is 2.71. The smallest absolute Gasteiger partial charge is 0.139 e. The van der Waals surface area contributed by atoms with Crippen LogP contribution in [0.25, 0.3) is 0 Å². The van der Waals surface area contributed by atoms with Crippen molar-refractivity contribution in [2.75, 3.05) is 13.1 Å². The van der Waals surface area contributed by atoms with Crippen LogP contribution in [0.4, 0.5) is 4.39 Å². The molecule has 5 fully saturated rings. The first-order valence-corrected chi connectivity index (χ1v) is 11.9. The molecule has 158 valence electrons. The Kier molecular flexibility index (Phi) is 4.89. The van der Waals surface area contributed by atoms with Gasteiger partial charge in [0.15, 0.2) is 0 Å². The number of ketones is 1. The fourth-order valence-electron chi connectivity index (χ4n) is 8.43. The summed E-state index contributed by atoms with van der Waals surface area (Å²) < 4.78 is 14.5. The molecule has 0 aromatic heterocycles. The molecule has 1 saturated heterocycles. The minimum absolute atomic E-state index is 0.0773. The third kappa shape index (κ3) is 3.28. The molecule has 6 atom stereocenters. The lowest BCUT2D eigenvalue weighted by Crippen LogP contribution is -2.61. The van der Waals surface area contributed by atoms with Gasteiger partial charge in [-0.2, -0.15) is 0 Å². The lowest BCUT2D eigenvalue weighted by molar-refractivity contribution is -0.163. The van der Waals surface area contributed by atoms with Crippen LogP contribution in [0.3, 0.4) is 0 Å². The van der Waals surface area contributed by atoms with Gasteiger partial charge >= 0.3 is 0 Å². The first-order valence-electron chi connectivity index (χ1n) is 11.9. The molecule has 0 radical (unpaired) electrons. The van der Waals surface area contributed by atoms with Crippen molar-refractivity contribution in [2.24, 2.45) is 22.7 Å². The summed E-state index contributed by atoms with van der Waals surface area (Å²) >= 11 is 0. The first kappa shape index (κ1) is 19.7. The maximum Gasteiger partial charge on any atom is 0.139 e. The van der Waals surface area contributed by atoms with E-state index in [1.165, 1.54) is 37.7 Å². The average Bonchev–Trinajstić information content (AvgIpc) is 2.69. The van der Waals surface area contributed by atoms with Gasteiger partial charge in [-0.15, -0.1) is 0 Å². The monoisotopic (exact) mass is 397 g/mol. The summed E-state index contributed by atoms with van der Waals surface area (Å²) in [5.74, 6) is 0.986. The molecule has 0 amide bonds. The van der Waals surface area contributed by atoms with E-state index in [9.17, 15) is 9.18 Å². The minimum atomic E-state index is -0.866. The van der Waals surface area contributed by atoms with Crippen LogP contribution in [0.2, 0.25) is 0 Å². The lowest BCUT2D eigenvalue weighted by Gasteiger charge is -2.67. The second-order valence-electron chi connectivity index (χ2n) is 11.1. The van der Waals surface area contributed by atoms with Gasteiger partial charge in [-0.1, -0.05) is 43.7 Å². The van der Waals surface area contributed by atoms with Gasteiger partial charge in [-0.25, -0.2) is 4.39 Å². The average molecular weight is 398 g/mol.